The first-order valence-corrected chi connectivity index (χ1v) is 4.04. The summed E-state index contributed by atoms with van der Waals surface area (Å²) in [6, 6.07) is 4.97. The molecule has 0 heterocycles. The number of rotatable bonds is 3. The molecule has 0 spiro atoms. The van der Waals surface area contributed by atoms with Crippen LogP contribution < -0.4 is 16.8 Å². The number of hydrogen-bond acceptors (Lipinski definition) is 3. The number of carbonyl (C=O) groups excluding carboxylic acids is 1. The fourth-order valence-corrected chi connectivity index (χ4v) is 1.04. The number of hydrogen-bond donors (Lipinski definition) is 3. The highest BCUT2D eigenvalue weighted by molar-refractivity contribution is 6.31. The van der Waals surface area contributed by atoms with Crippen LogP contribution in [0.1, 0.15) is 0 Å². The van der Waals surface area contributed by atoms with Crippen molar-refractivity contribution in [3.63, 3.8) is 0 Å². The lowest BCUT2D eigenvalue weighted by molar-refractivity contribution is -0.116. The Hall–Kier alpha value is -1.42. The average molecular weight is 200 g/mol. The van der Waals surface area contributed by atoms with Crippen molar-refractivity contribution in [1.29, 1.82) is 0 Å². The number of carbonyl (C=O) groups is 1. The molecule has 1 aromatic carbocycles. The van der Waals surface area contributed by atoms with Crippen LogP contribution in [0.3, 0.4) is 0 Å². The molecule has 0 bridgehead atoms. The van der Waals surface area contributed by atoms with E-state index >= 15 is 0 Å². The molecular weight excluding hydrogens is 190 g/mol. The fourth-order valence-electron chi connectivity index (χ4n) is 0.864. The van der Waals surface area contributed by atoms with Crippen LogP contribution in [0.2, 0.25) is 5.02 Å². The quantitative estimate of drug-likeness (QED) is 0.631. The second-order valence-electron chi connectivity index (χ2n) is 2.55. The van der Waals surface area contributed by atoms with Crippen molar-refractivity contribution in [2.24, 2.45) is 5.73 Å². The van der Waals surface area contributed by atoms with Gasteiger partial charge in [0.05, 0.1) is 17.9 Å². The van der Waals surface area contributed by atoms with E-state index in [1.807, 2.05) is 0 Å². The molecule has 1 aromatic rings. The number of nitrogens with two attached hydrogens (primary N) is 2. The van der Waals surface area contributed by atoms with E-state index in [9.17, 15) is 4.79 Å². The zero-order valence-corrected chi connectivity index (χ0v) is 7.64. The highest BCUT2D eigenvalue weighted by atomic mass is 35.5. The second kappa shape index (κ2) is 4.00. The van der Waals surface area contributed by atoms with Gasteiger partial charge in [-0.15, -0.1) is 0 Å². The van der Waals surface area contributed by atoms with Crippen molar-refractivity contribution in [3.8, 4) is 0 Å². The smallest absolute Gasteiger partial charge is 0.236 e. The van der Waals surface area contributed by atoms with E-state index in [0.29, 0.717) is 16.4 Å². The molecule has 0 aliphatic carbocycles. The van der Waals surface area contributed by atoms with Crippen LogP contribution in [-0.2, 0) is 4.79 Å². The van der Waals surface area contributed by atoms with E-state index in [2.05, 4.69) is 5.32 Å². The number of nitrogens with one attached hydrogen (secondary N) is 1. The van der Waals surface area contributed by atoms with Crippen LogP contribution in [-0.4, -0.2) is 12.5 Å². The molecule has 5 heteroatoms. The molecule has 0 aliphatic heterocycles. The van der Waals surface area contributed by atoms with Gasteiger partial charge in [0.15, 0.2) is 0 Å². The molecule has 0 aliphatic rings. The van der Waals surface area contributed by atoms with E-state index in [0.717, 1.165) is 0 Å². The average Bonchev–Trinajstić information content (AvgIpc) is 2.06. The topological polar surface area (TPSA) is 81.1 Å². The molecule has 0 atom stereocenters. The first-order valence-electron chi connectivity index (χ1n) is 3.67. The number of nitrogen functional groups attached to an aromatic ring is 1. The predicted molar refractivity (Wildman–Crippen MR) is 53.5 cm³/mol. The molecule has 0 fully saturated rings. The lowest BCUT2D eigenvalue weighted by atomic mass is 10.2. The zero-order chi connectivity index (χ0) is 9.84. The van der Waals surface area contributed by atoms with Crippen LogP contribution in [0.15, 0.2) is 18.2 Å². The first-order chi connectivity index (χ1) is 6.09. The van der Waals surface area contributed by atoms with Gasteiger partial charge in [0, 0.05) is 5.02 Å². The maximum atomic E-state index is 10.5. The Morgan fingerprint density at radius 2 is 2.23 bits per heavy atom. The fraction of sp³-hybridized carbons (Fsp3) is 0.125. The van der Waals surface area contributed by atoms with E-state index in [1.54, 1.807) is 18.2 Å². The number of halogens is 1. The highest BCUT2D eigenvalue weighted by Gasteiger charge is 2.00. The minimum atomic E-state index is -0.445. The summed E-state index contributed by atoms with van der Waals surface area (Å²) < 4.78 is 0. The summed E-state index contributed by atoms with van der Waals surface area (Å²) in [5, 5.41) is 3.33. The number of anilines is 2. The van der Waals surface area contributed by atoms with Crippen LogP contribution in [0.4, 0.5) is 11.4 Å². The Kier molecular flexibility index (Phi) is 2.97. The van der Waals surface area contributed by atoms with Crippen LogP contribution in [0.25, 0.3) is 0 Å². The Balaban J connectivity index is 2.75. The van der Waals surface area contributed by atoms with Crippen molar-refractivity contribution >= 4 is 28.9 Å². The van der Waals surface area contributed by atoms with E-state index in [-0.39, 0.29) is 6.54 Å². The third-order valence-corrected chi connectivity index (χ3v) is 1.70. The molecule has 0 saturated carbocycles. The minimum absolute atomic E-state index is 0.0462. The molecule has 0 saturated heterocycles. The van der Waals surface area contributed by atoms with E-state index < -0.39 is 5.91 Å². The van der Waals surface area contributed by atoms with Gasteiger partial charge in [0.1, 0.15) is 0 Å². The molecule has 5 N–H and O–H groups in total. The minimum Gasteiger partial charge on any atom is -0.397 e. The van der Waals surface area contributed by atoms with E-state index in [4.69, 9.17) is 23.1 Å². The van der Waals surface area contributed by atoms with Crippen molar-refractivity contribution in [3.05, 3.63) is 23.2 Å². The van der Waals surface area contributed by atoms with Gasteiger partial charge in [-0.25, -0.2) is 0 Å². The lowest BCUT2D eigenvalue weighted by Gasteiger charge is -2.07. The number of primary amides is 1. The number of benzene rings is 1. The predicted octanol–water partition coefficient (Wildman–Crippen LogP) is 0.819. The summed E-state index contributed by atoms with van der Waals surface area (Å²) in [5.74, 6) is -0.445. The van der Waals surface area contributed by atoms with Gasteiger partial charge in [-0.3, -0.25) is 4.79 Å². The molecule has 0 radical (unpaired) electrons. The SMILES string of the molecule is NC(=O)CNc1cc(Cl)ccc1N. The molecule has 1 rings (SSSR count). The van der Waals surface area contributed by atoms with E-state index in [1.165, 1.54) is 0 Å². The molecule has 1 amide bonds. The summed E-state index contributed by atoms with van der Waals surface area (Å²) in [6.07, 6.45) is 0. The van der Waals surface area contributed by atoms with Gasteiger partial charge < -0.3 is 16.8 Å². The van der Waals surface area contributed by atoms with Gasteiger partial charge in [-0.05, 0) is 18.2 Å². The zero-order valence-electron chi connectivity index (χ0n) is 6.88. The summed E-state index contributed by atoms with van der Waals surface area (Å²) in [4.78, 5) is 10.5. The Morgan fingerprint density at radius 3 is 2.85 bits per heavy atom. The monoisotopic (exact) mass is 199 g/mol. The molecule has 0 aromatic heterocycles. The van der Waals surface area contributed by atoms with Crippen LogP contribution >= 0.6 is 11.6 Å². The Morgan fingerprint density at radius 1 is 1.54 bits per heavy atom. The Bertz CT molecular complexity index is 327. The maximum absolute atomic E-state index is 10.5. The van der Waals surface area contributed by atoms with Crippen LogP contribution in [0.5, 0.6) is 0 Å². The third-order valence-electron chi connectivity index (χ3n) is 1.47. The van der Waals surface area contributed by atoms with Gasteiger partial charge in [-0.1, -0.05) is 11.6 Å². The first kappa shape index (κ1) is 9.67. The van der Waals surface area contributed by atoms with Crippen molar-refractivity contribution in [2.45, 2.75) is 0 Å². The summed E-state index contributed by atoms with van der Waals surface area (Å²) in [6.45, 7) is 0.0462. The standard InChI is InChI=1S/C8H10ClN3O/c9-5-1-2-6(10)7(3-5)12-4-8(11)13/h1-3,12H,4,10H2,(H2,11,13). The second-order valence-corrected chi connectivity index (χ2v) is 2.99. The molecular formula is C8H10ClN3O. The molecule has 4 nitrogen and oxygen atoms in total. The summed E-state index contributed by atoms with van der Waals surface area (Å²) >= 11 is 5.72. The maximum Gasteiger partial charge on any atom is 0.236 e. The largest absolute Gasteiger partial charge is 0.397 e. The number of amides is 1. The molecule has 0 unspecified atom stereocenters. The lowest BCUT2D eigenvalue weighted by Crippen LogP contribution is -2.22. The van der Waals surface area contributed by atoms with Gasteiger partial charge in [0.2, 0.25) is 5.91 Å². The summed E-state index contributed by atoms with van der Waals surface area (Å²) in [7, 11) is 0. The van der Waals surface area contributed by atoms with Crippen molar-refractivity contribution in [1.82, 2.24) is 0 Å². The third kappa shape index (κ3) is 2.83. The Labute approximate surface area is 80.9 Å². The van der Waals surface area contributed by atoms with Crippen molar-refractivity contribution in [2.75, 3.05) is 17.6 Å². The normalized spacial score (nSPS) is 9.62. The van der Waals surface area contributed by atoms with Crippen molar-refractivity contribution < 1.29 is 4.79 Å². The molecule has 13 heavy (non-hydrogen) atoms. The van der Waals surface area contributed by atoms with Gasteiger partial charge in [-0.2, -0.15) is 0 Å². The van der Waals surface area contributed by atoms with Gasteiger partial charge >= 0.3 is 0 Å². The highest BCUT2D eigenvalue weighted by Crippen LogP contribution is 2.22. The van der Waals surface area contributed by atoms with Gasteiger partial charge in [0.25, 0.3) is 0 Å². The van der Waals surface area contributed by atoms with Crippen LogP contribution in [0, 0.1) is 0 Å². The summed E-state index contributed by atoms with van der Waals surface area (Å²) in [5.41, 5.74) is 11.7. The molecule has 70 valence electrons.